The molecule has 1 aliphatic rings. The van der Waals surface area contributed by atoms with Crippen LogP contribution in [0.4, 0.5) is 0 Å². The van der Waals surface area contributed by atoms with E-state index in [0.717, 1.165) is 36.8 Å². The average molecular weight is 278 g/mol. The van der Waals surface area contributed by atoms with Gasteiger partial charge in [-0.05, 0) is 31.8 Å². The molecule has 3 heterocycles. The first-order chi connectivity index (χ1) is 9.26. The number of hydrogen-bond acceptors (Lipinski definition) is 5. The molecule has 3 rings (SSSR count). The van der Waals surface area contributed by atoms with E-state index in [1.54, 1.807) is 16.7 Å². The van der Waals surface area contributed by atoms with Crippen molar-refractivity contribution in [1.29, 1.82) is 0 Å². The third-order valence-electron chi connectivity index (χ3n) is 3.68. The van der Waals surface area contributed by atoms with Crippen LogP contribution >= 0.6 is 11.3 Å². The summed E-state index contributed by atoms with van der Waals surface area (Å²) in [7, 11) is 0. The van der Waals surface area contributed by atoms with Crippen LogP contribution in [0.5, 0.6) is 0 Å². The van der Waals surface area contributed by atoms with Crippen LogP contribution in [0.25, 0.3) is 4.96 Å². The van der Waals surface area contributed by atoms with E-state index in [1.807, 2.05) is 5.38 Å². The van der Waals surface area contributed by atoms with Crippen molar-refractivity contribution in [2.75, 3.05) is 19.6 Å². The smallest absolute Gasteiger partial charge is 0.258 e. The number of nitrogens with zero attached hydrogens (tertiary/aromatic N) is 3. The van der Waals surface area contributed by atoms with Crippen LogP contribution in [0.2, 0.25) is 0 Å². The fourth-order valence-corrected chi connectivity index (χ4v) is 3.42. The van der Waals surface area contributed by atoms with Gasteiger partial charge in [-0.25, -0.2) is 4.98 Å². The molecule has 1 saturated heterocycles. The SMILES string of the molecule is NCC1CCCN(Cc2cc(=O)n3ccsc3n2)C1. The van der Waals surface area contributed by atoms with Gasteiger partial charge < -0.3 is 5.73 Å². The minimum Gasteiger partial charge on any atom is -0.330 e. The molecule has 1 unspecified atom stereocenters. The maximum Gasteiger partial charge on any atom is 0.258 e. The Bertz CT molecular complexity index is 620. The summed E-state index contributed by atoms with van der Waals surface area (Å²) in [5.74, 6) is 0.584. The maximum absolute atomic E-state index is 11.9. The van der Waals surface area contributed by atoms with Crippen molar-refractivity contribution < 1.29 is 0 Å². The molecule has 0 bridgehead atoms. The lowest BCUT2D eigenvalue weighted by molar-refractivity contribution is 0.169. The van der Waals surface area contributed by atoms with E-state index in [1.165, 1.54) is 24.2 Å². The van der Waals surface area contributed by atoms with Gasteiger partial charge in [-0.15, -0.1) is 11.3 Å². The van der Waals surface area contributed by atoms with Crippen LogP contribution in [0, 0.1) is 5.92 Å². The van der Waals surface area contributed by atoms with Crippen LogP contribution in [-0.2, 0) is 6.54 Å². The largest absolute Gasteiger partial charge is 0.330 e. The van der Waals surface area contributed by atoms with Gasteiger partial charge in [0.2, 0.25) is 0 Å². The molecule has 6 heteroatoms. The molecule has 0 saturated carbocycles. The molecule has 1 fully saturated rings. The van der Waals surface area contributed by atoms with Crippen LogP contribution in [0.3, 0.4) is 0 Å². The second-order valence-electron chi connectivity index (χ2n) is 5.12. The summed E-state index contributed by atoms with van der Waals surface area (Å²) in [6.45, 7) is 3.58. The van der Waals surface area contributed by atoms with Gasteiger partial charge in [-0.2, -0.15) is 0 Å². The van der Waals surface area contributed by atoms with Crippen molar-refractivity contribution in [3.63, 3.8) is 0 Å². The highest BCUT2D eigenvalue weighted by molar-refractivity contribution is 7.15. The first-order valence-electron chi connectivity index (χ1n) is 6.64. The van der Waals surface area contributed by atoms with Crippen molar-refractivity contribution in [3.05, 3.63) is 33.7 Å². The predicted octanol–water partition coefficient (Wildman–Crippen LogP) is 0.927. The lowest BCUT2D eigenvalue weighted by Crippen LogP contribution is -2.38. The number of nitrogens with two attached hydrogens (primary N) is 1. The van der Waals surface area contributed by atoms with Gasteiger partial charge in [0, 0.05) is 30.7 Å². The number of fused-ring (bicyclic) bond motifs is 1. The summed E-state index contributed by atoms with van der Waals surface area (Å²) in [5, 5.41) is 1.89. The number of piperidine rings is 1. The van der Waals surface area contributed by atoms with Gasteiger partial charge in [0.1, 0.15) is 0 Å². The molecule has 0 spiro atoms. The number of hydrogen-bond donors (Lipinski definition) is 1. The van der Waals surface area contributed by atoms with E-state index in [-0.39, 0.29) is 5.56 Å². The summed E-state index contributed by atoms with van der Waals surface area (Å²) in [5.41, 5.74) is 6.62. The minimum absolute atomic E-state index is 0.00799. The molecule has 19 heavy (non-hydrogen) atoms. The van der Waals surface area contributed by atoms with E-state index in [0.29, 0.717) is 5.92 Å². The first-order valence-corrected chi connectivity index (χ1v) is 7.52. The standard InChI is InChI=1S/C13H18N4OS/c14-7-10-2-1-3-16(8-10)9-11-6-12(18)17-4-5-19-13(17)15-11/h4-6,10H,1-3,7-9,14H2. The summed E-state index contributed by atoms with van der Waals surface area (Å²) >= 11 is 1.50. The number of aromatic nitrogens is 2. The van der Waals surface area contributed by atoms with E-state index in [2.05, 4.69) is 9.88 Å². The molecule has 1 aliphatic heterocycles. The van der Waals surface area contributed by atoms with Crippen LogP contribution in [-0.4, -0.2) is 33.9 Å². The van der Waals surface area contributed by atoms with Gasteiger partial charge in [0.25, 0.3) is 5.56 Å². The summed E-state index contributed by atoms with van der Waals surface area (Å²) < 4.78 is 1.59. The zero-order valence-corrected chi connectivity index (χ0v) is 11.6. The predicted molar refractivity (Wildman–Crippen MR) is 76.4 cm³/mol. The molecule has 0 aromatic carbocycles. The Morgan fingerprint density at radius 2 is 2.42 bits per heavy atom. The van der Waals surface area contributed by atoms with Crippen molar-refractivity contribution in [2.24, 2.45) is 11.7 Å². The normalized spacial score (nSPS) is 21.0. The second kappa shape index (κ2) is 5.40. The Balaban J connectivity index is 1.79. The summed E-state index contributed by atoms with van der Waals surface area (Å²) in [6, 6.07) is 1.64. The van der Waals surface area contributed by atoms with Crippen molar-refractivity contribution in [1.82, 2.24) is 14.3 Å². The van der Waals surface area contributed by atoms with Crippen molar-refractivity contribution in [3.8, 4) is 0 Å². The monoisotopic (exact) mass is 278 g/mol. The molecule has 2 aromatic rings. The molecule has 1 atom stereocenters. The molecule has 0 aliphatic carbocycles. The zero-order chi connectivity index (χ0) is 13.2. The maximum atomic E-state index is 11.9. The third-order valence-corrected chi connectivity index (χ3v) is 4.43. The molecular formula is C13H18N4OS. The Hall–Kier alpha value is -1.24. The topological polar surface area (TPSA) is 63.6 Å². The van der Waals surface area contributed by atoms with E-state index in [9.17, 15) is 4.79 Å². The number of rotatable bonds is 3. The Labute approximate surface area is 115 Å². The van der Waals surface area contributed by atoms with Gasteiger partial charge in [0.15, 0.2) is 4.96 Å². The highest BCUT2D eigenvalue weighted by Crippen LogP contribution is 2.17. The highest BCUT2D eigenvalue weighted by atomic mass is 32.1. The van der Waals surface area contributed by atoms with E-state index >= 15 is 0 Å². The average Bonchev–Trinajstić information content (AvgIpc) is 2.88. The van der Waals surface area contributed by atoms with Crippen molar-refractivity contribution in [2.45, 2.75) is 19.4 Å². The zero-order valence-electron chi connectivity index (χ0n) is 10.8. The fraction of sp³-hybridized carbons (Fsp3) is 0.538. The summed E-state index contributed by atoms with van der Waals surface area (Å²) in [4.78, 5) is 19.6. The van der Waals surface area contributed by atoms with Crippen LogP contribution in [0.15, 0.2) is 22.4 Å². The van der Waals surface area contributed by atoms with Gasteiger partial charge in [0.05, 0.1) is 5.69 Å². The Morgan fingerprint density at radius 1 is 1.53 bits per heavy atom. The Kier molecular flexibility index (Phi) is 3.63. The lowest BCUT2D eigenvalue weighted by Gasteiger charge is -2.31. The van der Waals surface area contributed by atoms with Crippen molar-refractivity contribution >= 4 is 16.3 Å². The molecule has 0 radical (unpaired) electrons. The van der Waals surface area contributed by atoms with Gasteiger partial charge >= 0.3 is 0 Å². The molecule has 2 N–H and O–H groups in total. The van der Waals surface area contributed by atoms with E-state index < -0.39 is 0 Å². The third kappa shape index (κ3) is 2.70. The quantitative estimate of drug-likeness (QED) is 0.907. The van der Waals surface area contributed by atoms with Crippen LogP contribution in [0.1, 0.15) is 18.5 Å². The van der Waals surface area contributed by atoms with E-state index in [4.69, 9.17) is 5.73 Å². The lowest BCUT2D eigenvalue weighted by atomic mass is 9.98. The molecule has 0 amide bonds. The Morgan fingerprint density at radius 3 is 3.26 bits per heavy atom. The minimum atomic E-state index is 0.00799. The van der Waals surface area contributed by atoms with Gasteiger partial charge in [-0.1, -0.05) is 0 Å². The summed E-state index contributed by atoms with van der Waals surface area (Å²) in [6.07, 6.45) is 4.17. The highest BCUT2D eigenvalue weighted by Gasteiger charge is 2.19. The first kappa shape index (κ1) is 12.8. The number of likely N-dealkylation sites (tertiary alicyclic amines) is 1. The van der Waals surface area contributed by atoms with Crippen LogP contribution < -0.4 is 11.3 Å². The molecule has 2 aromatic heterocycles. The molecule has 5 nitrogen and oxygen atoms in total. The molecule has 102 valence electrons. The second-order valence-corrected chi connectivity index (χ2v) is 5.99. The number of thiazole rings is 1. The fourth-order valence-electron chi connectivity index (χ4n) is 2.69. The van der Waals surface area contributed by atoms with Gasteiger partial charge in [-0.3, -0.25) is 14.1 Å². The molecular weight excluding hydrogens is 260 g/mol.